The van der Waals surface area contributed by atoms with Gasteiger partial charge in [-0.2, -0.15) is 0 Å². The molecular formula is C11H13ClN4. The Morgan fingerprint density at radius 2 is 2.31 bits per heavy atom. The third-order valence-electron chi connectivity index (χ3n) is 2.61. The predicted molar refractivity (Wildman–Crippen MR) is 62.4 cm³/mol. The van der Waals surface area contributed by atoms with Gasteiger partial charge >= 0.3 is 0 Å². The van der Waals surface area contributed by atoms with Crippen LogP contribution in [0, 0.1) is 0 Å². The largest absolute Gasteiger partial charge is 0.321 e. The Hall–Kier alpha value is -1.42. The second-order valence-corrected chi connectivity index (χ2v) is 4.26. The van der Waals surface area contributed by atoms with E-state index in [1.165, 1.54) is 5.56 Å². The van der Waals surface area contributed by atoms with Crippen molar-refractivity contribution in [2.75, 3.05) is 0 Å². The molecule has 4 nitrogen and oxygen atoms in total. The summed E-state index contributed by atoms with van der Waals surface area (Å²) in [5.41, 5.74) is 1.17. The van der Waals surface area contributed by atoms with Gasteiger partial charge in [-0.15, -0.1) is 10.2 Å². The van der Waals surface area contributed by atoms with Gasteiger partial charge in [0.25, 0.3) is 0 Å². The molecule has 0 spiro atoms. The van der Waals surface area contributed by atoms with Gasteiger partial charge in [0.2, 0.25) is 0 Å². The summed E-state index contributed by atoms with van der Waals surface area (Å²) in [7, 11) is 1.95. The molecule has 0 amide bonds. The van der Waals surface area contributed by atoms with Crippen LogP contribution in [0.25, 0.3) is 0 Å². The Labute approximate surface area is 99.3 Å². The summed E-state index contributed by atoms with van der Waals surface area (Å²) in [5, 5.41) is 8.46. The summed E-state index contributed by atoms with van der Waals surface area (Å²) in [5.74, 6) is 1.32. The molecule has 1 atom stereocenters. The van der Waals surface area contributed by atoms with E-state index in [4.69, 9.17) is 11.6 Å². The van der Waals surface area contributed by atoms with Crippen LogP contribution in [-0.4, -0.2) is 19.7 Å². The molecule has 5 heteroatoms. The molecule has 2 aromatic heterocycles. The maximum Gasteiger partial charge on any atom is 0.133 e. The van der Waals surface area contributed by atoms with Crippen LogP contribution in [0.3, 0.4) is 0 Å². The van der Waals surface area contributed by atoms with Crippen molar-refractivity contribution in [2.45, 2.75) is 19.3 Å². The number of halogens is 1. The van der Waals surface area contributed by atoms with Gasteiger partial charge in [0, 0.05) is 19.7 Å². The molecule has 0 saturated heterocycles. The van der Waals surface area contributed by atoms with E-state index in [1.54, 1.807) is 12.5 Å². The molecule has 0 radical (unpaired) electrons. The molecule has 2 aromatic rings. The number of aryl methyl sites for hydroxylation is 1. The molecule has 84 valence electrons. The van der Waals surface area contributed by atoms with E-state index >= 15 is 0 Å². The van der Waals surface area contributed by atoms with E-state index in [0.717, 1.165) is 12.2 Å². The highest BCUT2D eigenvalue weighted by molar-refractivity contribution is 6.29. The monoisotopic (exact) mass is 236 g/mol. The van der Waals surface area contributed by atoms with Crippen LogP contribution >= 0.6 is 11.6 Å². The lowest BCUT2D eigenvalue weighted by Crippen LogP contribution is -2.04. The van der Waals surface area contributed by atoms with Crippen molar-refractivity contribution in [3.8, 4) is 0 Å². The smallest absolute Gasteiger partial charge is 0.133 e. The number of pyridine rings is 1. The Morgan fingerprint density at radius 1 is 1.50 bits per heavy atom. The molecular weight excluding hydrogens is 224 g/mol. The van der Waals surface area contributed by atoms with Gasteiger partial charge in [-0.25, -0.2) is 4.98 Å². The fraction of sp³-hybridized carbons (Fsp3) is 0.364. The molecule has 0 aliphatic carbocycles. The molecule has 0 unspecified atom stereocenters. The van der Waals surface area contributed by atoms with E-state index in [1.807, 2.05) is 23.7 Å². The molecule has 2 heterocycles. The zero-order valence-electron chi connectivity index (χ0n) is 9.26. The lowest BCUT2D eigenvalue weighted by molar-refractivity contribution is 0.680. The second kappa shape index (κ2) is 4.61. The Bertz CT molecular complexity index is 480. The first kappa shape index (κ1) is 11.1. The number of nitrogens with zero attached hydrogens (tertiary/aromatic N) is 4. The zero-order valence-corrected chi connectivity index (χ0v) is 10.0. The van der Waals surface area contributed by atoms with Crippen LogP contribution in [0.5, 0.6) is 0 Å². The predicted octanol–water partition coefficient (Wildman–Crippen LogP) is 2.21. The van der Waals surface area contributed by atoms with Gasteiger partial charge in [-0.3, -0.25) is 0 Å². The van der Waals surface area contributed by atoms with E-state index in [0.29, 0.717) is 11.1 Å². The third-order valence-corrected chi connectivity index (χ3v) is 2.82. The minimum absolute atomic E-state index is 0.350. The van der Waals surface area contributed by atoms with E-state index < -0.39 is 0 Å². The fourth-order valence-electron chi connectivity index (χ4n) is 1.61. The van der Waals surface area contributed by atoms with Crippen molar-refractivity contribution >= 4 is 11.6 Å². The summed E-state index contributed by atoms with van der Waals surface area (Å²) in [6.45, 7) is 2.14. The standard InChI is InChI=1S/C11H13ClN4/c1-8(5-11-15-14-7-16(11)2)9-3-4-13-10(12)6-9/h3-4,6-8H,5H2,1-2H3/t8-/m1/s1. The third kappa shape index (κ3) is 2.39. The molecule has 16 heavy (non-hydrogen) atoms. The van der Waals surface area contributed by atoms with Crippen LogP contribution in [0.1, 0.15) is 24.2 Å². The molecule has 0 aliphatic heterocycles. The zero-order chi connectivity index (χ0) is 11.5. The first-order chi connectivity index (χ1) is 7.66. The molecule has 0 aromatic carbocycles. The highest BCUT2D eigenvalue weighted by Gasteiger charge is 2.10. The maximum atomic E-state index is 5.86. The summed E-state index contributed by atoms with van der Waals surface area (Å²) in [6.07, 6.45) is 4.28. The van der Waals surface area contributed by atoms with Crippen molar-refractivity contribution in [1.29, 1.82) is 0 Å². The Morgan fingerprint density at radius 3 is 2.94 bits per heavy atom. The molecule has 0 N–H and O–H groups in total. The Kier molecular flexibility index (Phi) is 3.19. The number of hydrogen-bond acceptors (Lipinski definition) is 3. The average Bonchev–Trinajstić information content (AvgIpc) is 2.64. The first-order valence-corrected chi connectivity index (χ1v) is 5.49. The quantitative estimate of drug-likeness (QED) is 0.768. The normalized spacial score (nSPS) is 12.7. The molecule has 0 bridgehead atoms. The van der Waals surface area contributed by atoms with Crippen molar-refractivity contribution in [2.24, 2.45) is 7.05 Å². The van der Waals surface area contributed by atoms with Crippen molar-refractivity contribution in [3.63, 3.8) is 0 Å². The summed E-state index contributed by atoms with van der Waals surface area (Å²) >= 11 is 5.86. The second-order valence-electron chi connectivity index (χ2n) is 3.88. The van der Waals surface area contributed by atoms with Gasteiger partial charge in [-0.05, 0) is 23.6 Å². The average molecular weight is 237 g/mol. The molecule has 0 fully saturated rings. The minimum Gasteiger partial charge on any atom is -0.321 e. The van der Waals surface area contributed by atoms with Crippen LogP contribution in [0.15, 0.2) is 24.7 Å². The summed E-state index contributed by atoms with van der Waals surface area (Å²) < 4.78 is 1.93. The SMILES string of the molecule is C[C@H](Cc1nncn1C)c1ccnc(Cl)c1. The van der Waals surface area contributed by atoms with E-state index in [-0.39, 0.29) is 0 Å². The van der Waals surface area contributed by atoms with Crippen LogP contribution in [0.4, 0.5) is 0 Å². The number of hydrogen-bond donors (Lipinski definition) is 0. The van der Waals surface area contributed by atoms with Crippen molar-refractivity contribution < 1.29 is 0 Å². The van der Waals surface area contributed by atoms with E-state index in [2.05, 4.69) is 22.1 Å². The number of aromatic nitrogens is 4. The highest BCUT2D eigenvalue weighted by Crippen LogP contribution is 2.20. The molecule has 0 saturated carbocycles. The Balaban J connectivity index is 2.14. The maximum absolute atomic E-state index is 5.86. The van der Waals surface area contributed by atoms with Crippen LogP contribution in [-0.2, 0) is 13.5 Å². The lowest BCUT2D eigenvalue weighted by Gasteiger charge is -2.10. The van der Waals surface area contributed by atoms with Crippen molar-refractivity contribution in [1.82, 2.24) is 19.7 Å². The van der Waals surface area contributed by atoms with Crippen LogP contribution in [0.2, 0.25) is 5.15 Å². The highest BCUT2D eigenvalue weighted by atomic mass is 35.5. The van der Waals surface area contributed by atoms with Gasteiger partial charge in [0.1, 0.15) is 17.3 Å². The lowest BCUT2D eigenvalue weighted by atomic mass is 9.99. The van der Waals surface area contributed by atoms with Crippen molar-refractivity contribution in [3.05, 3.63) is 41.2 Å². The van der Waals surface area contributed by atoms with Gasteiger partial charge < -0.3 is 4.57 Å². The topological polar surface area (TPSA) is 43.6 Å². The molecule has 0 aliphatic rings. The van der Waals surface area contributed by atoms with Gasteiger partial charge in [0.05, 0.1) is 0 Å². The van der Waals surface area contributed by atoms with Gasteiger partial charge in [-0.1, -0.05) is 18.5 Å². The first-order valence-electron chi connectivity index (χ1n) is 5.11. The van der Waals surface area contributed by atoms with Crippen LogP contribution < -0.4 is 0 Å². The minimum atomic E-state index is 0.350. The fourth-order valence-corrected chi connectivity index (χ4v) is 1.79. The summed E-state index contributed by atoms with van der Waals surface area (Å²) in [6, 6.07) is 3.87. The van der Waals surface area contributed by atoms with Gasteiger partial charge in [0.15, 0.2) is 0 Å². The van der Waals surface area contributed by atoms with E-state index in [9.17, 15) is 0 Å². The number of rotatable bonds is 3. The summed E-state index contributed by atoms with van der Waals surface area (Å²) in [4.78, 5) is 3.97. The molecule has 2 rings (SSSR count).